The number of aryl methyl sites for hydroxylation is 1. The van der Waals surface area contributed by atoms with Gasteiger partial charge in [-0.25, -0.2) is 4.98 Å². The average molecular weight is 1070 g/mol. The molecule has 0 N–H and O–H groups in total. The van der Waals surface area contributed by atoms with E-state index < -0.39 is 25.1 Å². The second kappa shape index (κ2) is 18.5. The van der Waals surface area contributed by atoms with Crippen LogP contribution in [0.5, 0.6) is 0 Å². The molecule has 0 spiro atoms. The molecule has 0 bridgehead atoms. The van der Waals surface area contributed by atoms with Crippen LogP contribution in [0.3, 0.4) is 0 Å². The van der Waals surface area contributed by atoms with Gasteiger partial charge in [0.05, 0.1) is 22.4 Å². The zero-order valence-corrected chi connectivity index (χ0v) is 42.8. The number of aromatic nitrogens is 4. The Kier molecular flexibility index (Phi) is 12.7. The Balaban J connectivity index is 0.000000225. The van der Waals surface area contributed by atoms with Gasteiger partial charge in [0.2, 0.25) is 5.71 Å². The first kappa shape index (κ1) is 43.1. The van der Waals surface area contributed by atoms with Crippen molar-refractivity contribution in [1.29, 1.82) is 0 Å². The van der Waals surface area contributed by atoms with E-state index in [1.54, 1.807) is 0 Å². The minimum atomic E-state index is -2.24. The van der Waals surface area contributed by atoms with E-state index >= 15 is 0 Å². The topological polar surface area (TPSA) is 56.7 Å². The molecule has 1 radical (unpaired) electrons. The fourth-order valence-electron chi connectivity index (χ4n) is 8.13. The maximum absolute atomic E-state index is 8.76. The van der Waals surface area contributed by atoms with Gasteiger partial charge in [-0.05, 0) is 77.4 Å². The van der Waals surface area contributed by atoms with Crippen LogP contribution in [0.25, 0.3) is 72.6 Å². The summed E-state index contributed by atoms with van der Waals surface area (Å²) in [6.45, 7) is 17.0. The third kappa shape index (κ3) is 9.84. The Morgan fingerprint density at radius 1 is 0.746 bits per heavy atom. The van der Waals surface area contributed by atoms with E-state index in [2.05, 4.69) is 150 Å². The Hall–Kier alpha value is -5.14. The van der Waals surface area contributed by atoms with Crippen LogP contribution in [-0.2, 0) is 26.5 Å². The van der Waals surface area contributed by atoms with Crippen LogP contribution in [0.15, 0.2) is 132 Å². The molecular weight excluding hydrogens is 1010 g/mol. The first-order valence-electron chi connectivity index (χ1n) is 22.7. The molecule has 0 saturated carbocycles. The summed E-state index contributed by atoms with van der Waals surface area (Å²) in [6.07, 6.45) is 0.502. The summed E-state index contributed by atoms with van der Waals surface area (Å²) in [5.74, 6) is 8.34. The van der Waals surface area contributed by atoms with Crippen molar-refractivity contribution in [3.05, 3.63) is 162 Å². The summed E-state index contributed by atoms with van der Waals surface area (Å²) in [4.78, 5) is 14.4. The molecule has 0 saturated heterocycles. The van der Waals surface area contributed by atoms with Crippen LogP contribution in [-0.4, -0.2) is 32.8 Å². The van der Waals surface area contributed by atoms with E-state index in [0.29, 0.717) is 17.5 Å². The molecule has 7 heteroatoms. The van der Waals surface area contributed by atoms with Crippen molar-refractivity contribution >= 4 is 50.8 Å². The molecule has 0 atom stereocenters. The van der Waals surface area contributed by atoms with Gasteiger partial charge in [-0.15, -0.1) is 23.8 Å². The van der Waals surface area contributed by atoms with Gasteiger partial charge in [-0.1, -0.05) is 75.5 Å². The zero-order chi connectivity index (χ0) is 45.7. The Bertz CT molecular complexity index is 3100. The molecule has 323 valence electrons. The van der Waals surface area contributed by atoms with Gasteiger partial charge in [0.25, 0.3) is 0 Å². The Morgan fingerprint density at radius 3 is 2.08 bits per heavy atom. The van der Waals surface area contributed by atoms with E-state index in [-0.39, 0.29) is 20.1 Å². The second-order valence-corrected chi connectivity index (χ2v) is 29.6. The van der Waals surface area contributed by atoms with Gasteiger partial charge in [-0.2, -0.15) is 0 Å². The summed E-state index contributed by atoms with van der Waals surface area (Å²) < 4.78 is 27.1. The van der Waals surface area contributed by atoms with Crippen molar-refractivity contribution in [1.82, 2.24) is 19.5 Å². The fourth-order valence-corrected chi connectivity index (χ4v) is 11.1. The van der Waals surface area contributed by atoms with Gasteiger partial charge in [0, 0.05) is 36.9 Å². The van der Waals surface area contributed by atoms with Crippen molar-refractivity contribution in [2.24, 2.45) is 5.41 Å². The van der Waals surface area contributed by atoms with Gasteiger partial charge in [0.1, 0.15) is 0 Å². The molecule has 63 heavy (non-hydrogen) atoms. The molecule has 0 amide bonds. The monoisotopic (exact) mass is 1070 g/mol. The minimum Gasteiger partial charge on any atom is 0 e. The summed E-state index contributed by atoms with van der Waals surface area (Å²) in [5, 5.41) is 2.02. The second-order valence-electron chi connectivity index (χ2n) is 19.0. The zero-order valence-electron chi connectivity index (χ0n) is 40.3. The standard InChI is InChI=1S/C37H32N3O.C19H26GeN.Ir/c1-22(2)29-20-27(25-11-7-6-8-12-25)21-30(23(3)4)35(29)40-33-14-10-9-13-32(33)39-36(40)26-16-18-34-31(19-26)28-17-15-24(5)38-37(28)41-34;1-19(2,3)13-16-12-18(15-10-8-7-9-11-15)21-14-17(16)20(4,5)6;/h6-15,17-23H,1-5H3;7-10,12,14H,13H2,1-6H3;/q2*-1;/i;13D2;. The van der Waals surface area contributed by atoms with E-state index in [4.69, 9.17) is 12.1 Å². The van der Waals surface area contributed by atoms with Crippen molar-refractivity contribution in [3.8, 4) is 39.5 Å². The van der Waals surface area contributed by atoms with Gasteiger partial charge >= 0.3 is 135 Å². The molecule has 0 aliphatic rings. The summed E-state index contributed by atoms with van der Waals surface area (Å²) in [5.41, 5.74) is 13.7. The quantitative estimate of drug-likeness (QED) is 0.112. The van der Waals surface area contributed by atoms with Crippen LogP contribution in [0, 0.1) is 24.5 Å². The molecule has 0 fully saturated rings. The SMILES string of the molecule is Cc1ccc2c(n1)oc1c[c-]c(-c3nc4ccccc4n3-c3c(C(C)C)cc(-c4ccccc4)cc3C(C)C)cc12.[2H]C([2H])(c1cc(-c2[c-]cccc2)nc[c]1[Ge]([CH3])([CH3])[CH3])C(C)(C)C.[Ir]. The maximum atomic E-state index is 8.76. The number of para-hydroxylation sites is 2. The van der Waals surface area contributed by atoms with Crippen LogP contribution in [0.2, 0.25) is 17.3 Å². The third-order valence-corrected chi connectivity index (χ3v) is 15.4. The number of pyridine rings is 2. The minimum absolute atomic E-state index is 0. The van der Waals surface area contributed by atoms with Gasteiger partial charge in [0.15, 0.2) is 0 Å². The molecule has 9 rings (SSSR count). The van der Waals surface area contributed by atoms with E-state index in [9.17, 15) is 0 Å². The molecule has 0 aliphatic carbocycles. The molecule has 4 heterocycles. The van der Waals surface area contributed by atoms with Crippen molar-refractivity contribution < 1.29 is 27.3 Å². The van der Waals surface area contributed by atoms with E-state index in [1.807, 2.05) is 76.4 Å². The van der Waals surface area contributed by atoms with E-state index in [0.717, 1.165) is 65.7 Å². The number of nitrogens with zero attached hydrogens (tertiary/aromatic N) is 4. The first-order chi connectivity index (χ1) is 30.3. The van der Waals surface area contributed by atoms with E-state index in [1.165, 1.54) is 27.9 Å². The molecule has 5 nitrogen and oxygen atoms in total. The fraction of sp³-hybridized carbons (Fsp3) is 0.268. The molecule has 0 unspecified atom stereocenters. The van der Waals surface area contributed by atoms with Crippen LogP contribution in [0.4, 0.5) is 0 Å². The number of imidazole rings is 1. The number of hydrogen-bond donors (Lipinski definition) is 0. The Labute approximate surface area is 393 Å². The van der Waals surface area contributed by atoms with Crippen molar-refractivity contribution in [2.75, 3.05) is 0 Å². The molecule has 5 aromatic carbocycles. The number of benzene rings is 5. The molecular formula is C56H58GeIrN4O-2. The predicted octanol–water partition coefficient (Wildman–Crippen LogP) is 14.7. The molecule has 4 aromatic heterocycles. The molecule has 9 aromatic rings. The Morgan fingerprint density at radius 2 is 1.43 bits per heavy atom. The maximum Gasteiger partial charge on any atom is 0 e. The van der Waals surface area contributed by atoms with Crippen LogP contribution < -0.4 is 4.40 Å². The predicted molar refractivity (Wildman–Crippen MR) is 263 cm³/mol. The number of hydrogen-bond acceptors (Lipinski definition) is 4. The number of furan rings is 1. The van der Waals surface area contributed by atoms with Crippen LogP contribution in [0.1, 0.15) is 85.4 Å². The first-order valence-corrected chi connectivity index (χ1v) is 29.1. The van der Waals surface area contributed by atoms with Crippen molar-refractivity contribution in [3.63, 3.8) is 0 Å². The smallest absolute Gasteiger partial charge is 0 e. The summed E-state index contributed by atoms with van der Waals surface area (Å²) >= 11 is -2.24. The number of rotatable bonds is 8. The van der Waals surface area contributed by atoms with Gasteiger partial charge < -0.3 is 8.98 Å². The summed E-state index contributed by atoms with van der Waals surface area (Å²) in [6, 6.07) is 48.4. The molecule has 0 aliphatic heterocycles. The van der Waals surface area contributed by atoms with Crippen molar-refractivity contribution in [2.45, 2.75) is 90.9 Å². The normalized spacial score (nSPS) is 12.7. The third-order valence-electron chi connectivity index (χ3n) is 11.2. The largest absolute Gasteiger partial charge is 0 e. The number of fused-ring (bicyclic) bond motifs is 4. The van der Waals surface area contributed by atoms with Gasteiger partial charge in [-0.3, -0.25) is 4.98 Å². The summed E-state index contributed by atoms with van der Waals surface area (Å²) in [7, 11) is 0. The average Bonchev–Trinajstić information content (AvgIpc) is 3.83. The van der Waals surface area contributed by atoms with Crippen LogP contribution >= 0.6 is 0 Å².